The third-order valence-electron chi connectivity index (χ3n) is 2.39. The summed E-state index contributed by atoms with van der Waals surface area (Å²) in [6.45, 7) is 0. The second kappa shape index (κ2) is 5.58. The number of aromatic nitrogens is 2. The molecular formula is C12H7ClN2OS3. The van der Waals surface area contributed by atoms with Gasteiger partial charge in [0.2, 0.25) is 0 Å². The van der Waals surface area contributed by atoms with Crippen LogP contribution in [-0.4, -0.2) is 9.97 Å². The van der Waals surface area contributed by atoms with Crippen molar-refractivity contribution in [1.29, 1.82) is 0 Å². The fraction of sp³-hybridized carbons (Fsp3) is 0. The van der Waals surface area contributed by atoms with Gasteiger partial charge in [-0.2, -0.15) is 0 Å². The van der Waals surface area contributed by atoms with E-state index in [0.29, 0.717) is 10.9 Å². The van der Waals surface area contributed by atoms with E-state index in [0.717, 1.165) is 20.5 Å². The molecule has 7 heteroatoms. The van der Waals surface area contributed by atoms with Crippen molar-refractivity contribution in [1.82, 2.24) is 9.97 Å². The van der Waals surface area contributed by atoms with Crippen molar-refractivity contribution < 1.29 is 4.42 Å². The highest BCUT2D eigenvalue weighted by molar-refractivity contribution is 8.69. The zero-order valence-corrected chi connectivity index (χ0v) is 12.7. The normalized spacial score (nSPS) is 10.8. The van der Waals surface area contributed by atoms with E-state index in [9.17, 15) is 0 Å². The number of hydrogen-bond acceptors (Lipinski definition) is 6. The van der Waals surface area contributed by atoms with Crippen LogP contribution in [0.2, 0.25) is 5.02 Å². The zero-order chi connectivity index (χ0) is 13.2. The number of halogens is 1. The maximum absolute atomic E-state index is 6.02. The molecule has 0 aliphatic rings. The highest BCUT2D eigenvalue weighted by Crippen LogP contribution is 2.41. The van der Waals surface area contributed by atoms with Gasteiger partial charge in [0, 0.05) is 10.6 Å². The maximum Gasteiger partial charge on any atom is 0.255 e. The van der Waals surface area contributed by atoms with E-state index < -0.39 is 0 Å². The molecule has 0 N–H and O–H groups in total. The lowest BCUT2D eigenvalue weighted by atomic mass is 10.2. The van der Waals surface area contributed by atoms with Gasteiger partial charge in [-0.05, 0) is 22.9 Å². The minimum absolute atomic E-state index is 0.516. The van der Waals surface area contributed by atoms with Gasteiger partial charge >= 0.3 is 0 Å². The first-order valence-electron chi connectivity index (χ1n) is 5.26. The predicted molar refractivity (Wildman–Crippen MR) is 82.9 cm³/mol. The van der Waals surface area contributed by atoms with E-state index in [1.807, 2.05) is 24.3 Å². The van der Waals surface area contributed by atoms with Crippen LogP contribution in [0.15, 0.2) is 45.4 Å². The Labute approximate surface area is 127 Å². The van der Waals surface area contributed by atoms with Crippen LogP contribution in [0.5, 0.6) is 0 Å². The number of rotatable bonds is 3. The van der Waals surface area contributed by atoms with Gasteiger partial charge in [0.25, 0.3) is 5.89 Å². The molecule has 19 heavy (non-hydrogen) atoms. The second-order valence-electron chi connectivity index (χ2n) is 3.59. The second-order valence-corrected chi connectivity index (χ2v) is 6.43. The average Bonchev–Trinajstić information content (AvgIpc) is 3.07. The Bertz CT molecular complexity index is 697. The number of oxazole rings is 1. The summed E-state index contributed by atoms with van der Waals surface area (Å²) in [5.74, 6) is 0.516. The number of nitrogens with zero attached hydrogens (tertiary/aromatic N) is 2. The minimum atomic E-state index is 0.516. The molecule has 0 radical (unpaired) electrons. The Hall–Kier alpha value is -0.950. The molecule has 3 nitrogen and oxygen atoms in total. The Kier molecular flexibility index (Phi) is 3.83. The highest BCUT2D eigenvalue weighted by Gasteiger charge is 2.16. The molecule has 0 saturated carbocycles. The van der Waals surface area contributed by atoms with E-state index in [1.54, 1.807) is 6.20 Å². The molecule has 0 aliphatic heterocycles. The Balaban J connectivity index is 2.11. The van der Waals surface area contributed by atoms with Gasteiger partial charge in [0.1, 0.15) is 6.26 Å². The number of benzene rings is 1. The van der Waals surface area contributed by atoms with Crippen molar-refractivity contribution in [2.24, 2.45) is 0 Å². The summed E-state index contributed by atoms with van der Waals surface area (Å²) in [6, 6.07) is 7.58. The lowest BCUT2D eigenvalue weighted by molar-refractivity contribution is 0.574. The molecule has 0 spiro atoms. The Morgan fingerprint density at radius 2 is 2.26 bits per heavy atom. The van der Waals surface area contributed by atoms with Crippen molar-refractivity contribution >= 4 is 45.4 Å². The van der Waals surface area contributed by atoms with Gasteiger partial charge in [-0.3, -0.25) is 0 Å². The van der Waals surface area contributed by atoms with E-state index in [4.69, 9.17) is 16.0 Å². The van der Waals surface area contributed by atoms with Crippen molar-refractivity contribution in [3.63, 3.8) is 0 Å². The molecular weight excluding hydrogens is 320 g/mol. The average molecular weight is 327 g/mol. The summed E-state index contributed by atoms with van der Waals surface area (Å²) in [5, 5.41) is 1.41. The van der Waals surface area contributed by atoms with Crippen LogP contribution in [0, 0.1) is 0 Å². The summed E-state index contributed by atoms with van der Waals surface area (Å²) >= 11 is 11.8. The molecule has 0 atom stereocenters. The fourth-order valence-corrected chi connectivity index (χ4v) is 3.79. The van der Waals surface area contributed by atoms with Gasteiger partial charge in [-0.1, -0.05) is 23.7 Å². The van der Waals surface area contributed by atoms with Crippen LogP contribution < -0.4 is 0 Å². The Morgan fingerprint density at radius 3 is 2.95 bits per heavy atom. The molecule has 0 aliphatic carbocycles. The molecule has 3 aromatic rings. The topological polar surface area (TPSA) is 38.9 Å². The minimum Gasteiger partial charge on any atom is -0.443 e. The van der Waals surface area contributed by atoms with Gasteiger partial charge in [0.15, 0.2) is 5.01 Å². The molecule has 96 valence electrons. The maximum atomic E-state index is 6.02. The summed E-state index contributed by atoms with van der Waals surface area (Å²) in [7, 11) is 1.35. The molecule has 0 saturated heterocycles. The van der Waals surface area contributed by atoms with Crippen LogP contribution in [0.25, 0.3) is 22.2 Å². The largest absolute Gasteiger partial charge is 0.443 e. The third kappa shape index (κ3) is 2.67. The first-order valence-corrected chi connectivity index (χ1v) is 8.32. The molecule has 2 aromatic heterocycles. The number of hydrogen-bond donors (Lipinski definition) is 1. The molecule has 0 amide bonds. The molecule has 1 aromatic carbocycles. The zero-order valence-electron chi connectivity index (χ0n) is 9.41. The van der Waals surface area contributed by atoms with Crippen LogP contribution in [0.3, 0.4) is 0 Å². The van der Waals surface area contributed by atoms with Crippen LogP contribution in [-0.2, 0) is 0 Å². The van der Waals surface area contributed by atoms with Gasteiger partial charge in [-0.25, -0.2) is 9.97 Å². The summed E-state index contributed by atoms with van der Waals surface area (Å²) < 4.78 is 6.25. The summed E-state index contributed by atoms with van der Waals surface area (Å²) in [4.78, 5) is 8.68. The first kappa shape index (κ1) is 13.1. The molecule has 3 rings (SSSR count). The van der Waals surface area contributed by atoms with Crippen molar-refractivity contribution in [3.8, 4) is 22.2 Å². The quantitative estimate of drug-likeness (QED) is 0.539. The smallest absolute Gasteiger partial charge is 0.255 e. The van der Waals surface area contributed by atoms with E-state index in [-0.39, 0.29) is 0 Å². The molecule has 2 heterocycles. The predicted octanol–water partition coefficient (Wildman–Crippen LogP) is 5.06. The van der Waals surface area contributed by atoms with E-state index >= 15 is 0 Å². The van der Waals surface area contributed by atoms with Crippen molar-refractivity contribution in [2.45, 2.75) is 4.21 Å². The SMILES string of the molecule is SSc1sc(-c2ncco2)nc1-c1cccc(Cl)c1. The number of thiazole rings is 1. The van der Waals surface area contributed by atoms with Gasteiger partial charge < -0.3 is 4.42 Å². The monoisotopic (exact) mass is 326 g/mol. The molecule has 0 unspecified atom stereocenters. The van der Waals surface area contributed by atoms with Gasteiger partial charge in [-0.15, -0.1) is 23.0 Å². The summed E-state index contributed by atoms with van der Waals surface area (Å²) in [5.41, 5.74) is 1.80. The molecule has 0 bridgehead atoms. The Morgan fingerprint density at radius 1 is 1.37 bits per heavy atom. The lowest BCUT2D eigenvalue weighted by Gasteiger charge is -1.99. The van der Waals surface area contributed by atoms with Crippen LogP contribution >= 0.6 is 45.4 Å². The van der Waals surface area contributed by atoms with E-state index in [2.05, 4.69) is 21.6 Å². The number of thiol groups is 1. The van der Waals surface area contributed by atoms with Crippen molar-refractivity contribution in [2.75, 3.05) is 0 Å². The van der Waals surface area contributed by atoms with Crippen LogP contribution in [0.4, 0.5) is 0 Å². The lowest BCUT2D eigenvalue weighted by Crippen LogP contribution is -1.80. The summed E-state index contributed by atoms with van der Waals surface area (Å²) in [6.07, 6.45) is 3.13. The fourth-order valence-electron chi connectivity index (χ4n) is 1.61. The van der Waals surface area contributed by atoms with Gasteiger partial charge in [0.05, 0.1) is 16.1 Å². The standard InChI is InChI=1S/C12H7ClN2OS3/c13-8-3-1-2-7(6-8)9-12(19-17)18-11(15-9)10-14-4-5-16-10/h1-6,17H. The molecule has 0 fully saturated rings. The third-order valence-corrected chi connectivity index (χ3v) is 5.24. The highest BCUT2D eigenvalue weighted by atomic mass is 35.5. The van der Waals surface area contributed by atoms with Crippen LogP contribution in [0.1, 0.15) is 0 Å². The van der Waals surface area contributed by atoms with E-state index in [1.165, 1.54) is 28.4 Å². The first-order chi connectivity index (χ1) is 9.28. The van der Waals surface area contributed by atoms with Crippen molar-refractivity contribution in [3.05, 3.63) is 41.7 Å².